The largest absolute Gasteiger partial charge is 0.327 e. The van der Waals surface area contributed by atoms with Gasteiger partial charge in [-0.15, -0.1) is 0 Å². The minimum Gasteiger partial charge on any atom is -0.327 e. The van der Waals surface area contributed by atoms with E-state index >= 15 is 0 Å². The van der Waals surface area contributed by atoms with E-state index in [1.807, 2.05) is 12.1 Å². The van der Waals surface area contributed by atoms with Crippen LogP contribution in [0.1, 0.15) is 31.2 Å². The van der Waals surface area contributed by atoms with Gasteiger partial charge >= 0.3 is 0 Å². The van der Waals surface area contributed by atoms with Crippen LogP contribution in [0.25, 0.3) is 0 Å². The van der Waals surface area contributed by atoms with E-state index in [9.17, 15) is 10.1 Å². The summed E-state index contributed by atoms with van der Waals surface area (Å²) >= 11 is 0. The summed E-state index contributed by atoms with van der Waals surface area (Å²) in [6.45, 7) is 2.14. The first-order valence-electron chi connectivity index (χ1n) is 5.63. The maximum Gasteiger partial charge on any atom is 0.269 e. The van der Waals surface area contributed by atoms with Gasteiger partial charge in [-0.2, -0.15) is 0 Å². The van der Waals surface area contributed by atoms with Crippen molar-refractivity contribution in [2.24, 2.45) is 11.7 Å². The predicted octanol–water partition coefficient (Wildman–Crippen LogP) is 2.44. The smallest absolute Gasteiger partial charge is 0.269 e. The van der Waals surface area contributed by atoms with Gasteiger partial charge in [0.05, 0.1) is 4.92 Å². The van der Waals surface area contributed by atoms with Crippen LogP contribution in [0.2, 0.25) is 0 Å². The third kappa shape index (κ3) is 1.80. The molecular weight excluding hydrogens is 204 g/mol. The molecule has 1 aliphatic rings. The van der Waals surface area contributed by atoms with Crippen LogP contribution in [0.3, 0.4) is 0 Å². The molecule has 0 aromatic heterocycles. The van der Waals surface area contributed by atoms with Gasteiger partial charge < -0.3 is 5.73 Å². The van der Waals surface area contributed by atoms with Crippen molar-refractivity contribution in [2.45, 2.75) is 31.7 Å². The molecule has 3 atom stereocenters. The van der Waals surface area contributed by atoms with Crippen LogP contribution in [0, 0.1) is 16.0 Å². The Kier molecular flexibility index (Phi) is 2.92. The maximum absolute atomic E-state index is 10.5. The second-order valence-corrected chi connectivity index (χ2v) is 4.43. The lowest BCUT2D eigenvalue weighted by Gasteiger charge is -2.42. The van der Waals surface area contributed by atoms with Gasteiger partial charge in [0.1, 0.15) is 0 Å². The predicted molar refractivity (Wildman–Crippen MR) is 62.2 cm³/mol. The second kappa shape index (κ2) is 4.22. The third-order valence-corrected chi connectivity index (χ3v) is 3.60. The maximum atomic E-state index is 10.5. The zero-order valence-electron chi connectivity index (χ0n) is 9.30. The van der Waals surface area contributed by atoms with Crippen molar-refractivity contribution in [1.82, 2.24) is 0 Å². The summed E-state index contributed by atoms with van der Waals surface area (Å²) in [6.07, 6.45) is 2.07. The average Bonchev–Trinajstić information content (AvgIpc) is 2.26. The zero-order chi connectivity index (χ0) is 11.7. The number of hydrogen-bond donors (Lipinski definition) is 1. The molecule has 3 unspecified atom stereocenters. The van der Waals surface area contributed by atoms with E-state index in [2.05, 4.69) is 6.92 Å². The molecule has 1 aromatic carbocycles. The highest BCUT2D eigenvalue weighted by Gasteiger charge is 2.37. The zero-order valence-corrected chi connectivity index (χ0v) is 9.30. The molecule has 1 saturated carbocycles. The molecule has 0 saturated heterocycles. The Bertz CT molecular complexity index is 389. The van der Waals surface area contributed by atoms with Crippen molar-refractivity contribution < 1.29 is 4.92 Å². The Morgan fingerprint density at radius 1 is 1.44 bits per heavy atom. The summed E-state index contributed by atoms with van der Waals surface area (Å²) in [5.74, 6) is 1.02. The molecule has 0 heterocycles. The molecule has 0 radical (unpaired) electrons. The van der Waals surface area contributed by atoms with Gasteiger partial charge in [-0.25, -0.2) is 0 Å². The van der Waals surface area contributed by atoms with E-state index < -0.39 is 0 Å². The molecule has 86 valence electrons. The molecule has 4 nitrogen and oxygen atoms in total. The number of non-ortho nitro benzene ring substituents is 1. The van der Waals surface area contributed by atoms with Crippen LogP contribution in [0.5, 0.6) is 0 Å². The van der Waals surface area contributed by atoms with Crippen molar-refractivity contribution in [2.75, 3.05) is 0 Å². The number of nitro groups is 1. The summed E-state index contributed by atoms with van der Waals surface area (Å²) < 4.78 is 0. The monoisotopic (exact) mass is 220 g/mol. The average molecular weight is 220 g/mol. The number of rotatable bonds is 3. The van der Waals surface area contributed by atoms with Gasteiger partial charge in [0.15, 0.2) is 0 Å². The Morgan fingerprint density at radius 3 is 2.50 bits per heavy atom. The van der Waals surface area contributed by atoms with E-state index in [4.69, 9.17) is 5.73 Å². The van der Waals surface area contributed by atoms with Crippen molar-refractivity contribution in [3.8, 4) is 0 Å². The molecular formula is C12H16N2O2. The quantitative estimate of drug-likeness (QED) is 0.628. The Balaban J connectivity index is 2.14. The summed E-state index contributed by atoms with van der Waals surface area (Å²) in [5.41, 5.74) is 7.26. The van der Waals surface area contributed by atoms with Gasteiger partial charge in [0, 0.05) is 18.2 Å². The van der Waals surface area contributed by atoms with Crippen LogP contribution in [-0.4, -0.2) is 11.0 Å². The molecule has 0 amide bonds. The fraction of sp³-hybridized carbons (Fsp3) is 0.500. The summed E-state index contributed by atoms with van der Waals surface area (Å²) in [5, 5.41) is 10.5. The van der Waals surface area contributed by atoms with E-state index in [1.165, 1.54) is 5.56 Å². The van der Waals surface area contributed by atoms with E-state index in [0.29, 0.717) is 17.9 Å². The summed E-state index contributed by atoms with van der Waals surface area (Å²) in [6, 6.07) is 7.16. The lowest BCUT2D eigenvalue weighted by Crippen LogP contribution is -2.45. The molecule has 0 bridgehead atoms. The molecule has 4 heteroatoms. The van der Waals surface area contributed by atoms with Gasteiger partial charge in [-0.1, -0.05) is 25.5 Å². The molecule has 1 aromatic rings. The number of benzene rings is 1. The first-order chi connectivity index (χ1) is 7.63. The third-order valence-electron chi connectivity index (χ3n) is 3.60. The fourth-order valence-corrected chi connectivity index (χ4v) is 2.56. The fourth-order valence-electron chi connectivity index (χ4n) is 2.56. The SMILES string of the molecule is CCC1C(N)CC1c1ccc([N+](=O)[O-])cc1. The van der Waals surface area contributed by atoms with Crippen molar-refractivity contribution in [1.29, 1.82) is 0 Å². The Morgan fingerprint density at radius 2 is 2.06 bits per heavy atom. The number of nitrogens with two attached hydrogens (primary N) is 1. The molecule has 1 aliphatic carbocycles. The first-order valence-corrected chi connectivity index (χ1v) is 5.63. The van der Waals surface area contributed by atoms with Crippen LogP contribution in [0.4, 0.5) is 5.69 Å². The minimum absolute atomic E-state index is 0.153. The van der Waals surface area contributed by atoms with Gasteiger partial charge in [-0.05, 0) is 23.8 Å². The molecule has 16 heavy (non-hydrogen) atoms. The first kappa shape index (κ1) is 11.1. The van der Waals surface area contributed by atoms with Crippen LogP contribution in [-0.2, 0) is 0 Å². The number of nitrogens with zero attached hydrogens (tertiary/aromatic N) is 1. The van der Waals surface area contributed by atoms with Gasteiger partial charge in [0.2, 0.25) is 0 Å². The Hall–Kier alpha value is -1.42. The lowest BCUT2D eigenvalue weighted by molar-refractivity contribution is -0.384. The lowest BCUT2D eigenvalue weighted by atomic mass is 9.65. The normalized spacial score (nSPS) is 28.5. The second-order valence-electron chi connectivity index (χ2n) is 4.43. The molecule has 1 fully saturated rings. The van der Waals surface area contributed by atoms with Crippen molar-refractivity contribution >= 4 is 5.69 Å². The topological polar surface area (TPSA) is 69.2 Å². The van der Waals surface area contributed by atoms with Crippen LogP contribution >= 0.6 is 0 Å². The molecule has 2 N–H and O–H groups in total. The van der Waals surface area contributed by atoms with Gasteiger partial charge in [0.25, 0.3) is 5.69 Å². The van der Waals surface area contributed by atoms with Crippen molar-refractivity contribution in [3.63, 3.8) is 0 Å². The summed E-state index contributed by atoms with van der Waals surface area (Å²) in [4.78, 5) is 10.2. The number of nitro benzene ring substituents is 1. The number of hydrogen-bond acceptors (Lipinski definition) is 3. The molecule has 0 spiro atoms. The van der Waals surface area contributed by atoms with E-state index in [0.717, 1.165) is 12.8 Å². The van der Waals surface area contributed by atoms with E-state index in [-0.39, 0.29) is 10.6 Å². The highest BCUT2D eigenvalue weighted by molar-refractivity contribution is 5.35. The highest BCUT2D eigenvalue weighted by atomic mass is 16.6. The van der Waals surface area contributed by atoms with Crippen LogP contribution < -0.4 is 5.73 Å². The van der Waals surface area contributed by atoms with Crippen LogP contribution in [0.15, 0.2) is 24.3 Å². The molecule has 0 aliphatic heterocycles. The van der Waals surface area contributed by atoms with Crippen molar-refractivity contribution in [3.05, 3.63) is 39.9 Å². The highest BCUT2D eigenvalue weighted by Crippen LogP contribution is 2.43. The molecule has 2 rings (SSSR count). The van der Waals surface area contributed by atoms with Gasteiger partial charge in [-0.3, -0.25) is 10.1 Å². The summed E-state index contributed by atoms with van der Waals surface area (Å²) in [7, 11) is 0. The minimum atomic E-state index is -0.367. The Labute approximate surface area is 94.6 Å². The van der Waals surface area contributed by atoms with E-state index in [1.54, 1.807) is 12.1 Å². The standard InChI is InChI=1S/C12H16N2O2/c1-2-10-11(7-12(10)13)8-3-5-9(6-4-8)14(15)16/h3-6,10-12H,2,7,13H2,1H3.